The maximum Gasteiger partial charge on any atom is 0.418 e. The van der Waals surface area contributed by atoms with Crippen LogP contribution in [0, 0.1) is 0 Å². The van der Waals surface area contributed by atoms with Crippen LogP contribution in [0.4, 0.5) is 18.9 Å². The largest absolute Gasteiger partial charge is 0.455 e. The molecule has 2 aromatic rings. The Kier molecular flexibility index (Phi) is 5.84. The molecule has 0 spiro atoms. The third kappa shape index (κ3) is 5.24. The number of thiophene rings is 1. The molecular weight excluding hydrogens is 367 g/mol. The normalized spacial score (nSPS) is 11.2. The van der Waals surface area contributed by atoms with Crippen molar-refractivity contribution in [2.45, 2.75) is 12.6 Å². The van der Waals surface area contributed by atoms with Crippen molar-refractivity contribution in [3.05, 3.63) is 51.2 Å². The highest BCUT2D eigenvalue weighted by Gasteiger charge is 2.34. The summed E-state index contributed by atoms with van der Waals surface area (Å²) in [4.78, 5) is 24.0. The molecule has 0 radical (unpaired) electrons. The molecule has 0 saturated carbocycles. The summed E-state index contributed by atoms with van der Waals surface area (Å²) < 4.78 is 43.5. The van der Waals surface area contributed by atoms with E-state index in [2.05, 4.69) is 5.32 Å². The summed E-state index contributed by atoms with van der Waals surface area (Å²) in [6.45, 7) is -0.676. The first-order chi connectivity index (χ1) is 11.3. The minimum absolute atomic E-state index is 0.000305. The number of ether oxygens (including phenoxy) is 1. The fraction of sp³-hybridized carbons (Fsp3) is 0.200. The van der Waals surface area contributed by atoms with Gasteiger partial charge in [0.15, 0.2) is 6.61 Å². The van der Waals surface area contributed by atoms with E-state index in [-0.39, 0.29) is 11.4 Å². The molecule has 1 N–H and O–H groups in total. The minimum Gasteiger partial charge on any atom is -0.455 e. The van der Waals surface area contributed by atoms with Crippen LogP contribution in [0.3, 0.4) is 0 Å². The van der Waals surface area contributed by atoms with Crippen LogP contribution in [0.5, 0.6) is 0 Å². The van der Waals surface area contributed by atoms with Gasteiger partial charge in [0.05, 0.1) is 17.7 Å². The molecule has 4 nitrogen and oxygen atoms in total. The number of hydrogen-bond acceptors (Lipinski definition) is 4. The van der Waals surface area contributed by atoms with Crippen LogP contribution in [-0.2, 0) is 26.9 Å². The van der Waals surface area contributed by atoms with Crippen molar-refractivity contribution in [2.24, 2.45) is 0 Å². The Morgan fingerprint density at radius 3 is 2.62 bits per heavy atom. The number of alkyl halides is 3. The van der Waals surface area contributed by atoms with Gasteiger partial charge in [0.25, 0.3) is 5.91 Å². The van der Waals surface area contributed by atoms with Gasteiger partial charge < -0.3 is 10.1 Å². The van der Waals surface area contributed by atoms with E-state index in [1.807, 2.05) is 0 Å². The molecule has 24 heavy (non-hydrogen) atoms. The Morgan fingerprint density at radius 1 is 1.25 bits per heavy atom. The van der Waals surface area contributed by atoms with E-state index in [0.717, 1.165) is 10.9 Å². The molecule has 1 aromatic carbocycles. The molecule has 0 saturated heterocycles. The smallest absolute Gasteiger partial charge is 0.418 e. The fourth-order valence-electron chi connectivity index (χ4n) is 1.80. The van der Waals surface area contributed by atoms with E-state index >= 15 is 0 Å². The number of nitrogens with one attached hydrogen (secondary N) is 1. The lowest BCUT2D eigenvalue weighted by Gasteiger charge is -2.14. The second-order valence-corrected chi connectivity index (χ2v) is 6.12. The van der Waals surface area contributed by atoms with E-state index < -0.39 is 35.9 Å². The first-order valence-electron chi connectivity index (χ1n) is 6.60. The maximum atomic E-state index is 12.9. The van der Waals surface area contributed by atoms with Gasteiger partial charge in [-0.25, -0.2) is 0 Å². The van der Waals surface area contributed by atoms with Gasteiger partial charge in [-0.3, -0.25) is 9.59 Å². The summed E-state index contributed by atoms with van der Waals surface area (Å²) in [5, 5.41) is 3.74. The Labute approximate surface area is 144 Å². The van der Waals surface area contributed by atoms with Gasteiger partial charge in [-0.1, -0.05) is 17.7 Å². The van der Waals surface area contributed by atoms with E-state index in [0.29, 0.717) is 6.07 Å². The van der Waals surface area contributed by atoms with Crippen LogP contribution in [-0.4, -0.2) is 18.5 Å². The van der Waals surface area contributed by atoms with Crippen molar-refractivity contribution in [3.63, 3.8) is 0 Å². The van der Waals surface area contributed by atoms with Gasteiger partial charge in [0.2, 0.25) is 0 Å². The monoisotopic (exact) mass is 377 g/mol. The summed E-state index contributed by atoms with van der Waals surface area (Å²) in [7, 11) is 0. The van der Waals surface area contributed by atoms with Gasteiger partial charge in [-0.15, -0.1) is 11.3 Å². The lowest BCUT2D eigenvalue weighted by Crippen LogP contribution is -2.23. The van der Waals surface area contributed by atoms with Crippen molar-refractivity contribution < 1.29 is 27.5 Å². The quantitative estimate of drug-likeness (QED) is 0.796. The minimum atomic E-state index is -4.68. The Morgan fingerprint density at radius 2 is 2.00 bits per heavy atom. The SMILES string of the molecule is O=C(COC(=O)Cc1cccs1)Nc1ccc(Cl)cc1C(F)(F)F. The van der Waals surface area contributed by atoms with Gasteiger partial charge in [0.1, 0.15) is 0 Å². The second kappa shape index (κ2) is 7.67. The zero-order chi connectivity index (χ0) is 17.7. The van der Waals surface area contributed by atoms with Gasteiger partial charge in [-0.05, 0) is 29.6 Å². The summed E-state index contributed by atoms with van der Waals surface area (Å²) in [6, 6.07) is 6.46. The number of esters is 1. The van der Waals surface area contributed by atoms with Crippen LogP contribution in [0.2, 0.25) is 5.02 Å². The highest BCUT2D eigenvalue weighted by atomic mass is 35.5. The van der Waals surface area contributed by atoms with Crippen LogP contribution in [0.1, 0.15) is 10.4 Å². The summed E-state index contributed by atoms with van der Waals surface area (Å²) in [6.07, 6.45) is -4.68. The number of amides is 1. The van der Waals surface area contributed by atoms with E-state index in [9.17, 15) is 22.8 Å². The van der Waals surface area contributed by atoms with Crippen molar-refractivity contribution in [1.29, 1.82) is 0 Å². The molecule has 1 heterocycles. The molecule has 0 unspecified atom stereocenters. The molecular formula is C15H11ClF3NO3S. The highest BCUT2D eigenvalue weighted by molar-refractivity contribution is 7.10. The van der Waals surface area contributed by atoms with Crippen molar-refractivity contribution in [1.82, 2.24) is 0 Å². The van der Waals surface area contributed by atoms with Gasteiger partial charge >= 0.3 is 12.1 Å². The van der Waals surface area contributed by atoms with Crippen LogP contribution < -0.4 is 5.32 Å². The third-order valence-corrected chi connectivity index (χ3v) is 3.94. The summed E-state index contributed by atoms with van der Waals surface area (Å²) in [5.74, 6) is -1.51. The second-order valence-electron chi connectivity index (χ2n) is 4.65. The van der Waals surface area contributed by atoms with Crippen LogP contribution >= 0.6 is 22.9 Å². The topological polar surface area (TPSA) is 55.4 Å². The Hall–Kier alpha value is -2.06. The highest BCUT2D eigenvalue weighted by Crippen LogP contribution is 2.36. The molecule has 0 aliphatic heterocycles. The first kappa shape index (κ1) is 18.3. The number of benzene rings is 1. The molecule has 128 valence electrons. The number of carbonyl (C=O) groups excluding carboxylic acids is 2. The lowest BCUT2D eigenvalue weighted by atomic mass is 10.1. The number of carbonyl (C=O) groups is 2. The molecule has 1 amide bonds. The molecule has 0 aliphatic rings. The molecule has 2 rings (SSSR count). The number of hydrogen-bond donors (Lipinski definition) is 1. The fourth-order valence-corrected chi connectivity index (χ4v) is 2.66. The predicted molar refractivity (Wildman–Crippen MR) is 84.1 cm³/mol. The first-order valence-corrected chi connectivity index (χ1v) is 7.86. The molecule has 0 fully saturated rings. The average Bonchev–Trinajstić information content (AvgIpc) is 2.99. The number of rotatable bonds is 5. The maximum absolute atomic E-state index is 12.9. The lowest BCUT2D eigenvalue weighted by molar-refractivity contribution is -0.146. The van der Waals surface area contributed by atoms with E-state index in [4.69, 9.17) is 16.3 Å². The van der Waals surface area contributed by atoms with Crippen LogP contribution in [0.15, 0.2) is 35.7 Å². The Balaban J connectivity index is 1.94. The van der Waals surface area contributed by atoms with Crippen molar-refractivity contribution in [3.8, 4) is 0 Å². The predicted octanol–water partition coefficient (Wildman–Crippen LogP) is 4.14. The standard InChI is InChI=1S/C15H11ClF3NO3S/c16-9-3-4-12(11(6-9)15(17,18)19)20-13(21)8-23-14(22)7-10-2-1-5-24-10/h1-6H,7-8H2,(H,20,21). The van der Waals surface area contributed by atoms with Crippen LogP contribution in [0.25, 0.3) is 0 Å². The zero-order valence-electron chi connectivity index (χ0n) is 12.0. The number of halogens is 4. The zero-order valence-corrected chi connectivity index (χ0v) is 13.6. The molecule has 0 atom stereocenters. The number of anilines is 1. The summed E-state index contributed by atoms with van der Waals surface area (Å²) in [5.41, 5.74) is -1.53. The molecule has 9 heteroatoms. The summed E-state index contributed by atoms with van der Waals surface area (Å²) >= 11 is 6.90. The van der Waals surface area contributed by atoms with Gasteiger partial charge in [-0.2, -0.15) is 13.2 Å². The average molecular weight is 378 g/mol. The Bertz CT molecular complexity index is 732. The third-order valence-electron chi connectivity index (χ3n) is 2.82. The van der Waals surface area contributed by atoms with E-state index in [1.165, 1.54) is 17.4 Å². The molecule has 0 bridgehead atoms. The molecule has 0 aliphatic carbocycles. The molecule has 1 aromatic heterocycles. The van der Waals surface area contributed by atoms with Gasteiger partial charge in [0, 0.05) is 9.90 Å². The van der Waals surface area contributed by atoms with Crippen molar-refractivity contribution in [2.75, 3.05) is 11.9 Å². The van der Waals surface area contributed by atoms with E-state index in [1.54, 1.807) is 17.5 Å². The van der Waals surface area contributed by atoms with Crippen molar-refractivity contribution >= 4 is 40.5 Å².